The van der Waals surface area contributed by atoms with Crippen molar-refractivity contribution >= 4 is 29.5 Å². The van der Waals surface area contributed by atoms with E-state index in [-0.39, 0.29) is 23.4 Å². The summed E-state index contributed by atoms with van der Waals surface area (Å²) >= 11 is 0. The van der Waals surface area contributed by atoms with Crippen molar-refractivity contribution in [2.45, 2.75) is 31.7 Å². The van der Waals surface area contributed by atoms with Gasteiger partial charge in [0.05, 0.1) is 34.8 Å². The Morgan fingerprint density at radius 2 is 1.90 bits per heavy atom. The van der Waals surface area contributed by atoms with Crippen LogP contribution in [0.15, 0.2) is 59.6 Å². The topological polar surface area (TPSA) is 93.8 Å². The molecule has 2 aliphatic rings. The van der Waals surface area contributed by atoms with Crippen LogP contribution in [0.5, 0.6) is 0 Å². The molecule has 1 saturated carbocycles. The predicted molar refractivity (Wildman–Crippen MR) is 114 cm³/mol. The highest BCUT2D eigenvalue weighted by Gasteiger charge is 2.39. The van der Waals surface area contributed by atoms with Crippen LogP contribution < -0.4 is 4.90 Å². The molecule has 4 rings (SSSR count). The van der Waals surface area contributed by atoms with Gasteiger partial charge in [-0.1, -0.05) is 37.1 Å². The maximum absolute atomic E-state index is 13.4. The summed E-state index contributed by atoms with van der Waals surface area (Å²) in [6, 6.07) is 15.6. The number of benzene rings is 2. The molecular formula is C24H21N3O3. The lowest BCUT2D eigenvalue weighted by Gasteiger charge is -2.38. The van der Waals surface area contributed by atoms with E-state index in [1.54, 1.807) is 35.2 Å². The summed E-state index contributed by atoms with van der Waals surface area (Å²) < 4.78 is 0. The van der Waals surface area contributed by atoms with E-state index in [1.165, 1.54) is 12.1 Å². The molecule has 1 N–H and O–H groups in total. The second-order valence-corrected chi connectivity index (χ2v) is 7.54. The highest BCUT2D eigenvalue weighted by atomic mass is 16.4. The van der Waals surface area contributed by atoms with Crippen molar-refractivity contribution in [3.8, 4) is 6.07 Å². The number of nitrogens with zero attached hydrogens (tertiary/aromatic N) is 3. The molecule has 2 atom stereocenters. The van der Waals surface area contributed by atoms with E-state index < -0.39 is 5.97 Å². The third-order valence-corrected chi connectivity index (χ3v) is 5.61. The molecule has 1 heterocycles. The number of fused-ring (bicyclic) bond motifs is 1. The molecule has 2 aromatic rings. The quantitative estimate of drug-likeness (QED) is 0.830. The highest BCUT2D eigenvalue weighted by Crippen LogP contribution is 2.34. The van der Waals surface area contributed by atoms with Crippen LogP contribution in [-0.4, -0.2) is 28.9 Å². The zero-order valence-corrected chi connectivity index (χ0v) is 16.4. The zero-order valence-electron chi connectivity index (χ0n) is 16.4. The lowest BCUT2D eigenvalue weighted by Crippen LogP contribution is -2.49. The number of aromatic carboxylic acids is 1. The number of carboxylic acid groups (broad SMARTS) is 1. The van der Waals surface area contributed by atoms with Crippen LogP contribution in [0.25, 0.3) is 6.08 Å². The van der Waals surface area contributed by atoms with Gasteiger partial charge < -0.3 is 5.11 Å². The first-order valence-corrected chi connectivity index (χ1v) is 10.0. The van der Waals surface area contributed by atoms with Crippen LogP contribution in [0, 0.1) is 17.2 Å². The number of amidine groups is 1. The fraction of sp³-hybridized carbons (Fsp3) is 0.250. The van der Waals surface area contributed by atoms with Gasteiger partial charge in [0.2, 0.25) is 5.91 Å². The SMILES string of the molecule is N#Cc1ccc(/C=C/C2=NC3CCCCC3C(=O)N2c2cccc(C(=O)O)c2)cc1. The predicted octanol–water partition coefficient (Wildman–Crippen LogP) is 4.27. The Morgan fingerprint density at radius 3 is 2.63 bits per heavy atom. The van der Waals surface area contributed by atoms with Gasteiger partial charge in [-0.3, -0.25) is 14.7 Å². The average molecular weight is 399 g/mol. The van der Waals surface area contributed by atoms with E-state index in [9.17, 15) is 14.7 Å². The first kappa shape index (κ1) is 19.6. The monoisotopic (exact) mass is 399 g/mol. The number of carbonyl (C=O) groups excluding carboxylic acids is 1. The molecule has 6 nitrogen and oxygen atoms in total. The van der Waals surface area contributed by atoms with Gasteiger partial charge in [0.15, 0.2) is 0 Å². The molecule has 1 aliphatic heterocycles. The Morgan fingerprint density at radius 1 is 1.13 bits per heavy atom. The molecule has 0 saturated heterocycles. The van der Waals surface area contributed by atoms with E-state index in [1.807, 2.05) is 18.2 Å². The Balaban J connectivity index is 1.73. The minimum absolute atomic E-state index is 0.0308. The smallest absolute Gasteiger partial charge is 0.335 e. The largest absolute Gasteiger partial charge is 0.478 e. The van der Waals surface area contributed by atoms with E-state index in [0.717, 1.165) is 31.2 Å². The van der Waals surface area contributed by atoms with Crippen molar-refractivity contribution in [1.29, 1.82) is 5.26 Å². The van der Waals surface area contributed by atoms with Gasteiger partial charge in [0.25, 0.3) is 0 Å². The number of aliphatic imine (C=N–C) groups is 1. The Kier molecular flexibility index (Phi) is 5.44. The number of hydrogen-bond acceptors (Lipinski definition) is 4. The Hall–Kier alpha value is -3.72. The van der Waals surface area contributed by atoms with Crippen LogP contribution in [0.2, 0.25) is 0 Å². The van der Waals surface area contributed by atoms with E-state index in [0.29, 0.717) is 17.1 Å². The van der Waals surface area contributed by atoms with E-state index in [2.05, 4.69) is 6.07 Å². The van der Waals surface area contributed by atoms with E-state index in [4.69, 9.17) is 10.3 Å². The van der Waals surface area contributed by atoms with Crippen molar-refractivity contribution in [1.82, 2.24) is 0 Å². The van der Waals surface area contributed by atoms with Crippen LogP contribution in [-0.2, 0) is 4.79 Å². The molecule has 0 aromatic heterocycles. The lowest BCUT2D eigenvalue weighted by atomic mass is 9.82. The first-order valence-electron chi connectivity index (χ1n) is 10.0. The van der Waals surface area contributed by atoms with Gasteiger partial charge in [0.1, 0.15) is 5.84 Å². The maximum atomic E-state index is 13.4. The van der Waals surface area contributed by atoms with Crippen LogP contribution in [0.4, 0.5) is 5.69 Å². The van der Waals surface area contributed by atoms with Gasteiger partial charge in [-0.15, -0.1) is 0 Å². The second kappa shape index (κ2) is 8.34. The summed E-state index contributed by atoms with van der Waals surface area (Å²) in [5.41, 5.74) is 2.09. The lowest BCUT2D eigenvalue weighted by molar-refractivity contribution is -0.123. The third-order valence-electron chi connectivity index (χ3n) is 5.61. The molecule has 2 unspecified atom stereocenters. The van der Waals surface area contributed by atoms with Crippen molar-refractivity contribution in [3.63, 3.8) is 0 Å². The summed E-state index contributed by atoms with van der Waals surface area (Å²) in [6.45, 7) is 0. The highest BCUT2D eigenvalue weighted by molar-refractivity contribution is 6.24. The Bertz CT molecular complexity index is 1080. The minimum atomic E-state index is -1.04. The van der Waals surface area contributed by atoms with Gasteiger partial charge in [0, 0.05) is 0 Å². The van der Waals surface area contributed by atoms with Crippen molar-refractivity contribution < 1.29 is 14.7 Å². The van der Waals surface area contributed by atoms with Gasteiger partial charge >= 0.3 is 5.97 Å². The second-order valence-electron chi connectivity index (χ2n) is 7.54. The number of hydrogen-bond donors (Lipinski definition) is 1. The van der Waals surface area contributed by atoms with Crippen molar-refractivity contribution in [2.75, 3.05) is 4.90 Å². The number of nitriles is 1. The zero-order chi connectivity index (χ0) is 21.1. The first-order chi connectivity index (χ1) is 14.6. The normalized spacial score (nSPS) is 21.1. The number of rotatable bonds is 4. The molecule has 30 heavy (non-hydrogen) atoms. The molecule has 150 valence electrons. The fourth-order valence-corrected chi connectivity index (χ4v) is 4.05. The molecule has 0 spiro atoms. The van der Waals surface area contributed by atoms with Crippen LogP contribution in [0.3, 0.4) is 0 Å². The minimum Gasteiger partial charge on any atom is -0.478 e. The third kappa shape index (κ3) is 3.87. The van der Waals surface area contributed by atoms with Crippen LogP contribution >= 0.6 is 0 Å². The maximum Gasteiger partial charge on any atom is 0.335 e. The summed E-state index contributed by atoms with van der Waals surface area (Å²) in [5, 5.41) is 18.3. The average Bonchev–Trinajstić information content (AvgIpc) is 2.78. The van der Waals surface area contributed by atoms with Gasteiger partial charge in [-0.25, -0.2) is 4.79 Å². The fourth-order valence-electron chi connectivity index (χ4n) is 4.05. The molecule has 1 fully saturated rings. The molecule has 1 amide bonds. The summed E-state index contributed by atoms with van der Waals surface area (Å²) in [7, 11) is 0. The van der Waals surface area contributed by atoms with Gasteiger partial charge in [-0.05, 0) is 54.8 Å². The number of anilines is 1. The standard InChI is InChI=1S/C24H21N3O3/c25-15-17-10-8-16(9-11-17)12-13-22-26-21-7-2-1-6-20(21)23(28)27(22)19-5-3-4-18(14-19)24(29)30/h3-5,8-14,20-21H,1-2,6-7H2,(H,29,30)/b13-12+. The number of amides is 1. The molecule has 0 bridgehead atoms. The Labute approximate surface area is 174 Å². The van der Waals surface area contributed by atoms with Crippen LogP contribution in [0.1, 0.15) is 47.2 Å². The number of carbonyl (C=O) groups is 2. The molecule has 1 aliphatic carbocycles. The van der Waals surface area contributed by atoms with Crippen molar-refractivity contribution in [3.05, 3.63) is 71.3 Å². The summed E-state index contributed by atoms with van der Waals surface area (Å²) in [5.74, 6) is -0.727. The molecule has 2 aromatic carbocycles. The molecule has 0 radical (unpaired) electrons. The van der Waals surface area contributed by atoms with E-state index >= 15 is 0 Å². The summed E-state index contributed by atoms with van der Waals surface area (Å²) in [6.07, 6.45) is 7.38. The summed E-state index contributed by atoms with van der Waals surface area (Å²) in [4.78, 5) is 31.2. The molecule has 6 heteroatoms. The number of carboxylic acids is 1. The molecular weight excluding hydrogens is 378 g/mol. The van der Waals surface area contributed by atoms with Crippen molar-refractivity contribution in [2.24, 2.45) is 10.9 Å². The van der Waals surface area contributed by atoms with Gasteiger partial charge in [-0.2, -0.15) is 5.26 Å².